The quantitative estimate of drug-likeness (QED) is 0.658. The third-order valence-corrected chi connectivity index (χ3v) is 6.52. The molecule has 1 saturated heterocycles. The lowest BCUT2D eigenvalue weighted by molar-refractivity contribution is 0.0903. The van der Waals surface area contributed by atoms with Gasteiger partial charge in [-0.15, -0.1) is 0 Å². The van der Waals surface area contributed by atoms with Crippen molar-refractivity contribution in [3.8, 4) is 0 Å². The molecule has 2 atom stereocenters. The van der Waals surface area contributed by atoms with Gasteiger partial charge in [-0.05, 0) is 31.7 Å². The Morgan fingerprint density at radius 1 is 1.32 bits per heavy atom. The summed E-state index contributed by atoms with van der Waals surface area (Å²) in [7, 11) is 0. The van der Waals surface area contributed by atoms with Crippen molar-refractivity contribution < 1.29 is 14.6 Å². The summed E-state index contributed by atoms with van der Waals surface area (Å²) in [5, 5.41) is 16.2. The Labute approximate surface area is 183 Å². The number of urea groups is 1. The molecule has 2 aromatic rings. The van der Waals surface area contributed by atoms with Crippen molar-refractivity contribution in [3.63, 3.8) is 0 Å². The number of fused-ring (bicyclic) bond motifs is 1. The minimum absolute atomic E-state index is 0.168. The number of aromatic nitrogens is 2. The lowest BCUT2D eigenvalue weighted by atomic mass is 9.91. The van der Waals surface area contributed by atoms with Crippen molar-refractivity contribution in [2.75, 3.05) is 25.1 Å². The third-order valence-electron chi connectivity index (χ3n) is 6.52. The van der Waals surface area contributed by atoms with Gasteiger partial charge in [0.25, 0.3) is 0 Å². The smallest absolute Gasteiger partial charge is 0.319 e. The van der Waals surface area contributed by atoms with E-state index in [0.717, 1.165) is 49.3 Å². The number of amides is 2. The summed E-state index contributed by atoms with van der Waals surface area (Å²) in [5.74, 6) is 0.601. The summed E-state index contributed by atoms with van der Waals surface area (Å²) < 4.78 is 5.42. The molecule has 166 valence electrons. The van der Waals surface area contributed by atoms with E-state index in [1.54, 1.807) is 4.90 Å². The fourth-order valence-electron chi connectivity index (χ4n) is 4.38. The van der Waals surface area contributed by atoms with Crippen LogP contribution in [-0.2, 0) is 16.8 Å². The van der Waals surface area contributed by atoms with E-state index in [0.29, 0.717) is 18.5 Å². The number of aliphatic hydroxyl groups is 1. The number of carbonyl (C=O) groups excluding carboxylic acids is 1. The largest absolute Gasteiger partial charge is 0.394 e. The molecule has 1 fully saturated rings. The van der Waals surface area contributed by atoms with Crippen molar-refractivity contribution in [2.45, 2.75) is 57.3 Å². The van der Waals surface area contributed by atoms with Crippen LogP contribution in [0.1, 0.15) is 56.0 Å². The molecule has 1 aromatic carbocycles. The van der Waals surface area contributed by atoms with Crippen molar-refractivity contribution in [1.29, 1.82) is 0 Å². The van der Waals surface area contributed by atoms with Crippen LogP contribution >= 0.6 is 0 Å². The molecule has 0 aliphatic carbocycles. The van der Waals surface area contributed by atoms with Gasteiger partial charge >= 0.3 is 6.03 Å². The second kappa shape index (κ2) is 9.20. The normalized spacial score (nSPS) is 22.1. The summed E-state index contributed by atoms with van der Waals surface area (Å²) in [4.78, 5) is 24.4. The van der Waals surface area contributed by atoms with Crippen molar-refractivity contribution in [3.05, 3.63) is 53.3 Å². The van der Waals surface area contributed by atoms with Crippen molar-refractivity contribution in [1.82, 2.24) is 20.2 Å². The van der Waals surface area contributed by atoms with Crippen LogP contribution in [0, 0.1) is 0 Å². The predicted molar refractivity (Wildman–Crippen MR) is 117 cm³/mol. The SMILES string of the molecule is CCC1(C)c2cnc(NC3CCOCC3)nc2CN1C(=O)N[C@H](CO)c1ccccc1. The predicted octanol–water partition coefficient (Wildman–Crippen LogP) is 2.95. The van der Waals surface area contributed by atoms with E-state index in [1.165, 1.54) is 0 Å². The molecule has 8 heteroatoms. The van der Waals surface area contributed by atoms with Gasteiger partial charge in [0.2, 0.25) is 5.95 Å². The van der Waals surface area contributed by atoms with Gasteiger partial charge in [-0.3, -0.25) is 0 Å². The molecule has 0 radical (unpaired) electrons. The minimum Gasteiger partial charge on any atom is -0.394 e. The number of carbonyl (C=O) groups is 1. The number of nitrogens with zero attached hydrogens (tertiary/aromatic N) is 3. The molecule has 3 heterocycles. The van der Waals surface area contributed by atoms with E-state index in [4.69, 9.17) is 9.72 Å². The first-order valence-corrected chi connectivity index (χ1v) is 11.0. The number of nitrogens with one attached hydrogen (secondary N) is 2. The van der Waals surface area contributed by atoms with E-state index in [9.17, 15) is 9.90 Å². The second-order valence-electron chi connectivity index (χ2n) is 8.39. The van der Waals surface area contributed by atoms with Crippen LogP contribution in [0.25, 0.3) is 0 Å². The number of hydrogen-bond donors (Lipinski definition) is 3. The van der Waals surface area contributed by atoms with Crippen molar-refractivity contribution in [2.24, 2.45) is 0 Å². The molecule has 2 aliphatic heterocycles. The maximum Gasteiger partial charge on any atom is 0.319 e. The van der Waals surface area contributed by atoms with Crippen LogP contribution in [-0.4, -0.2) is 51.9 Å². The van der Waals surface area contributed by atoms with E-state index < -0.39 is 11.6 Å². The van der Waals surface area contributed by atoms with Gasteiger partial charge in [-0.25, -0.2) is 14.8 Å². The zero-order valence-electron chi connectivity index (χ0n) is 18.2. The molecule has 3 N–H and O–H groups in total. The first kappa shape index (κ1) is 21.5. The topological polar surface area (TPSA) is 99.6 Å². The van der Waals surface area contributed by atoms with Crippen LogP contribution in [0.4, 0.5) is 10.7 Å². The van der Waals surface area contributed by atoms with E-state index >= 15 is 0 Å². The lowest BCUT2D eigenvalue weighted by Gasteiger charge is -2.35. The zero-order chi connectivity index (χ0) is 21.8. The highest BCUT2D eigenvalue weighted by molar-refractivity contribution is 5.77. The number of anilines is 1. The third kappa shape index (κ3) is 4.36. The highest BCUT2D eigenvalue weighted by Gasteiger charge is 2.44. The summed E-state index contributed by atoms with van der Waals surface area (Å²) in [6, 6.07) is 9.14. The van der Waals surface area contributed by atoms with Gasteiger partial charge in [-0.2, -0.15) is 0 Å². The highest BCUT2D eigenvalue weighted by atomic mass is 16.5. The number of benzene rings is 1. The first-order chi connectivity index (χ1) is 15.0. The average Bonchev–Trinajstić information content (AvgIpc) is 3.11. The maximum atomic E-state index is 13.3. The van der Waals surface area contributed by atoms with Gasteiger partial charge in [0.05, 0.1) is 30.4 Å². The fourth-order valence-corrected chi connectivity index (χ4v) is 4.38. The van der Waals surface area contributed by atoms with Gasteiger partial charge in [0.15, 0.2) is 0 Å². The Morgan fingerprint density at radius 2 is 2.06 bits per heavy atom. The summed E-state index contributed by atoms with van der Waals surface area (Å²) in [6.07, 6.45) is 4.45. The van der Waals surface area contributed by atoms with Crippen LogP contribution in [0.5, 0.6) is 0 Å². The van der Waals surface area contributed by atoms with Crippen LogP contribution in [0.3, 0.4) is 0 Å². The van der Waals surface area contributed by atoms with Gasteiger partial charge in [0.1, 0.15) is 0 Å². The Morgan fingerprint density at radius 3 is 2.74 bits per heavy atom. The van der Waals surface area contributed by atoms with E-state index in [1.807, 2.05) is 43.5 Å². The molecule has 0 saturated carbocycles. The van der Waals surface area contributed by atoms with Crippen LogP contribution in [0.2, 0.25) is 0 Å². The molecule has 1 unspecified atom stereocenters. The molecule has 0 spiro atoms. The van der Waals surface area contributed by atoms with Crippen LogP contribution < -0.4 is 10.6 Å². The molecule has 0 bridgehead atoms. The Balaban J connectivity index is 1.51. The summed E-state index contributed by atoms with van der Waals surface area (Å²) in [5.41, 5.74) is 2.20. The van der Waals surface area contributed by atoms with Gasteiger partial charge in [-0.1, -0.05) is 37.3 Å². The molecule has 1 aromatic heterocycles. The van der Waals surface area contributed by atoms with E-state index in [2.05, 4.69) is 22.5 Å². The lowest BCUT2D eigenvalue weighted by Crippen LogP contribution is -2.48. The first-order valence-electron chi connectivity index (χ1n) is 11.0. The average molecular weight is 426 g/mol. The van der Waals surface area contributed by atoms with Crippen molar-refractivity contribution >= 4 is 12.0 Å². The molecule has 4 rings (SSSR count). The molecular weight excluding hydrogens is 394 g/mol. The highest BCUT2D eigenvalue weighted by Crippen LogP contribution is 2.41. The minimum atomic E-state index is -0.507. The van der Waals surface area contributed by atoms with E-state index in [-0.39, 0.29) is 12.6 Å². The fraction of sp³-hybridized carbons (Fsp3) is 0.522. The monoisotopic (exact) mass is 425 g/mol. The summed E-state index contributed by atoms with van der Waals surface area (Å²) >= 11 is 0. The summed E-state index contributed by atoms with van der Waals surface area (Å²) in [6.45, 7) is 5.84. The standard InChI is InChI=1S/C23H31N5O3/c1-3-23(2)18-13-24-21(25-17-9-11-31-12-10-17)26-19(18)14-28(23)22(30)27-20(15-29)16-7-5-4-6-8-16/h4-8,13,17,20,29H,3,9-12,14-15H2,1-2H3,(H,27,30)(H,24,25,26)/t20-,23?/m1/s1. The van der Waals surface area contributed by atoms with Gasteiger partial charge in [0, 0.05) is 31.0 Å². The molecule has 2 amide bonds. The van der Waals surface area contributed by atoms with Gasteiger partial charge < -0.3 is 25.4 Å². The Bertz CT molecular complexity index is 903. The van der Waals surface area contributed by atoms with Crippen LogP contribution in [0.15, 0.2) is 36.5 Å². The Hall–Kier alpha value is -2.71. The maximum absolute atomic E-state index is 13.3. The Kier molecular flexibility index (Phi) is 6.38. The molecule has 31 heavy (non-hydrogen) atoms. The second-order valence-corrected chi connectivity index (χ2v) is 8.39. The number of aliphatic hydroxyl groups excluding tert-OH is 1. The molecule has 8 nitrogen and oxygen atoms in total. The molecular formula is C23H31N5O3. The zero-order valence-corrected chi connectivity index (χ0v) is 18.2. The number of hydrogen-bond acceptors (Lipinski definition) is 6. The number of rotatable bonds is 6. The number of ether oxygens (including phenoxy) is 1. The molecule has 2 aliphatic rings.